The number of rotatable bonds is 6. The van der Waals surface area contributed by atoms with Gasteiger partial charge in [0.15, 0.2) is 5.78 Å². The summed E-state index contributed by atoms with van der Waals surface area (Å²) in [6.07, 6.45) is 0.275. The molecule has 0 spiro atoms. The van der Waals surface area contributed by atoms with Gasteiger partial charge in [-0.25, -0.2) is 0 Å². The van der Waals surface area contributed by atoms with Crippen molar-refractivity contribution in [3.8, 4) is 6.07 Å². The van der Waals surface area contributed by atoms with Gasteiger partial charge in [-0.3, -0.25) is 4.79 Å². The molecule has 0 aliphatic heterocycles. The molecule has 3 rings (SSSR count). The number of Topliss-reactive ketones (excluding diaryl/α,β-unsaturated/α-hetero) is 1. The molecular formula is C23H24BrN2O2P. The van der Waals surface area contributed by atoms with Crippen molar-refractivity contribution in [3.63, 3.8) is 0 Å². The fourth-order valence-electron chi connectivity index (χ4n) is 3.39. The van der Waals surface area contributed by atoms with Crippen molar-refractivity contribution >= 4 is 33.9 Å². The summed E-state index contributed by atoms with van der Waals surface area (Å²) in [4.78, 5) is 13.1. The van der Waals surface area contributed by atoms with E-state index in [0.717, 1.165) is 15.9 Å². The van der Waals surface area contributed by atoms with Crippen LogP contribution in [0, 0.1) is 11.3 Å². The van der Waals surface area contributed by atoms with Crippen LogP contribution in [0.5, 0.6) is 0 Å². The maximum absolute atomic E-state index is 13.1. The van der Waals surface area contributed by atoms with E-state index >= 15 is 0 Å². The van der Waals surface area contributed by atoms with Crippen LogP contribution in [0.4, 0.5) is 0 Å². The first kappa shape index (κ1) is 24.6. The predicted molar refractivity (Wildman–Crippen MR) is 117 cm³/mol. The number of benzene rings is 3. The molecule has 0 radical (unpaired) electrons. The summed E-state index contributed by atoms with van der Waals surface area (Å²) < 4.78 is 0. The van der Waals surface area contributed by atoms with E-state index in [0.29, 0.717) is 11.8 Å². The Morgan fingerprint density at radius 1 is 0.793 bits per heavy atom. The van der Waals surface area contributed by atoms with E-state index in [-0.39, 0.29) is 34.7 Å². The SMILES string of the molecule is N#CC(C(=O)CC[NH3+])=P(c1ccccc1)(c1ccccc1)c1ccccc1.O.[Br-]. The third-order valence-electron chi connectivity index (χ3n) is 4.54. The Bertz CT molecular complexity index is 914. The quantitative estimate of drug-likeness (QED) is 0.423. The Kier molecular flexibility index (Phi) is 9.74. The first-order chi connectivity index (χ1) is 13.2. The van der Waals surface area contributed by atoms with Gasteiger partial charge < -0.3 is 28.2 Å². The lowest BCUT2D eigenvalue weighted by molar-refractivity contribution is -0.365. The summed E-state index contributed by atoms with van der Waals surface area (Å²) in [7, 11) is 0. The molecule has 0 bridgehead atoms. The lowest BCUT2D eigenvalue weighted by atomic mass is 10.2. The molecular weight excluding hydrogens is 447 g/mol. The number of carbonyl (C=O) groups excluding carboxylic acids is 1. The molecule has 0 aliphatic rings. The molecule has 150 valence electrons. The highest BCUT2D eigenvalue weighted by Crippen LogP contribution is 2.46. The molecule has 3 aromatic carbocycles. The summed E-state index contributed by atoms with van der Waals surface area (Å²) in [5.74, 6) is -0.114. The lowest BCUT2D eigenvalue weighted by Crippen LogP contribution is -3.00. The Balaban J connectivity index is 0.00000210. The summed E-state index contributed by atoms with van der Waals surface area (Å²) in [5, 5.41) is 13.5. The number of ketones is 1. The highest BCUT2D eigenvalue weighted by atomic mass is 79.9. The number of hydrogen-bond acceptors (Lipinski definition) is 2. The van der Waals surface area contributed by atoms with Crippen molar-refractivity contribution in [3.05, 3.63) is 91.0 Å². The summed E-state index contributed by atoms with van der Waals surface area (Å²) in [5.41, 5.74) is 3.81. The van der Waals surface area contributed by atoms with Crippen LogP contribution in [0.25, 0.3) is 0 Å². The first-order valence-corrected chi connectivity index (χ1v) is 10.7. The molecule has 0 heterocycles. The smallest absolute Gasteiger partial charge is 0.179 e. The van der Waals surface area contributed by atoms with Gasteiger partial charge >= 0.3 is 0 Å². The number of carbonyl (C=O) groups is 1. The van der Waals surface area contributed by atoms with Gasteiger partial charge in [-0.2, -0.15) is 5.26 Å². The van der Waals surface area contributed by atoms with Crippen LogP contribution in [-0.4, -0.2) is 23.1 Å². The second kappa shape index (κ2) is 11.5. The Morgan fingerprint density at radius 3 is 1.41 bits per heavy atom. The summed E-state index contributed by atoms with van der Waals surface area (Å²) in [6, 6.07) is 32.2. The normalized spacial score (nSPS) is 10.1. The van der Waals surface area contributed by atoms with Crippen LogP contribution in [-0.2, 0) is 4.79 Å². The second-order valence-electron chi connectivity index (χ2n) is 6.16. The molecule has 5 N–H and O–H groups in total. The molecule has 0 atom stereocenters. The number of hydrogen-bond donors (Lipinski definition) is 1. The Morgan fingerprint density at radius 2 is 1.14 bits per heavy atom. The van der Waals surface area contributed by atoms with Gasteiger partial charge in [0.05, 0.1) is 13.0 Å². The number of nitrogens with zero attached hydrogens (tertiary/aromatic N) is 1. The minimum absolute atomic E-state index is 0. The van der Waals surface area contributed by atoms with Crippen molar-refractivity contribution in [1.82, 2.24) is 0 Å². The minimum Gasteiger partial charge on any atom is -1.00 e. The standard InChI is InChI=1S/C23H21N2OP.BrH.H2O/c24-17-16-22(26)23(18-25)27(19-10-4-1-5-11-19,20-12-6-2-7-13-20)21-14-8-3-9-15-21;;/h1-15H,16-17,24H2;1H;1H2. The van der Waals surface area contributed by atoms with Gasteiger partial charge in [-0.05, 0) is 22.8 Å². The molecule has 0 saturated heterocycles. The van der Waals surface area contributed by atoms with E-state index in [1.54, 1.807) is 0 Å². The fourth-order valence-corrected chi connectivity index (χ4v) is 7.56. The highest BCUT2D eigenvalue weighted by Gasteiger charge is 2.32. The van der Waals surface area contributed by atoms with Gasteiger partial charge in [-0.15, -0.1) is 0 Å². The van der Waals surface area contributed by atoms with E-state index in [4.69, 9.17) is 0 Å². The predicted octanol–water partition coefficient (Wildman–Crippen LogP) is -1.94. The Labute approximate surface area is 182 Å². The van der Waals surface area contributed by atoms with Gasteiger partial charge in [0, 0.05) is 0 Å². The van der Waals surface area contributed by atoms with Gasteiger partial charge in [-0.1, -0.05) is 91.0 Å². The molecule has 3 aromatic rings. The second-order valence-corrected chi connectivity index (χ2v) is 9.50. The van der Waals surface area contributed by atoms with Crippen LogP contribution in [0.15, 0.2) is 91.0 Å². The van der Waals surface area contributed by atoms with Crippen LogP contribution in [0.1, 0.15) is 6.42 Å². The van der Waals surface area contributed by atoms with Crippen LogP contribution in [0.2, 0.25) is 0 Å². The van der Waals surface area contributed by atoms with Crippen molar-refractivity contribution in [2.75, 3.05) is 6.54 Å². The fraction of sp³-hybridized carbons (Fsp3) is 0.0870. The van der Waals surface area contributed by atoms with Crippen molar-refractivity contribution in [2.24, 2.45) is 0 Å². The average Bonchev–Trinajstić information content (AvgIpc) is 2.74. The van der Waals surface area contributed by atoms with Crippen molar-refractivity contribution < 1.29 is 33.0 Å². The molecule has 0 saturated carbocycles. The zero-order valence-electron chi connectivity index (χ0n) is 16.0. The monoisotopic (exact) mass is 470 g/mol. The van der Waals surface area contributed by atoms with Gasteiger partial charge in [0.2, 0.25) is 0 Å². The first-order valence-electron chi connectivity index (χ1n) is 8.91. The van der Waals surface area contributed by atoms with E-state index in [1.807, 2.05) is 91.0 Å². The van der Waals surface area contributed by atoms with E-state index in [1.165, 1.54) is 0 Å². The summed E-state index contributed by atoms with van der Waals surface area (Å²) in [6.45, 7) is -2.10. The van der Waals surface area contributed by atoms with E-state index in [2.05, 4.69) is 11.8 Å². The zero-order valence-corrected chi connectivity index (χ0v) is 18.4. The molecule has 0 amide bonds. The maximum atomic E-state index is 13.1. The molecule has 29 heavy (non-hydrogen) atoms. The molecule has 0 aliphatic carbocycles. The third kappa shape index (κ3) is 4.75. The number of nitriles is 1. The van der Waals surface area contributed by atoms with E-state index < -0.39 is 6.89 Å². The van der Waals surface area contributed by atoms with Crippen molar-refractivity contribution in [1.29, 1.82) is 5.26 Å². The molecule has 0 unspecified atom stereocenters. The van der Waals surface area contributed by atoms with Crippen molar-refractivity contribution in [2.45, 2.75) is 6.42 Å². The van der Waals surface area contributed by atoms with E-state index in [9.17, 15) is 10.1 Å². The van der Waals surface area contributed by atoms with Crippen LogP contribution in [0.3, 0.4) is 0 Å². The molecule has 4 nitrogen and oxygen atoms in total. The topological polar surface area (TPSA) is 100 Å². The van der Waals surface area contributed by atoms with Crippen LogP contribution >= 0.6 is 6.89 Å². The minimum atomic E-state index is -2.57. The van der Waals surface area contributed by atoms with Gasteiger partial charge in [0.1, 0.15) is 11.4 Å². The zero-order chi connectivity index (χ0) is 19.1. The highest BCUT2D eigenvalue weighted by molar-refractivity contribution is 7.96. The molecule has 0 fully saturated rings. The maximum Gasteiger partial charge on any atom is 0.179 e. The largest absolute Gasteiger partial charge is 1.00 e. The Hall–Kier alpha value is -2.48. The van der Waals surface area contributed by atoms with Crippen LogP contribution < -0.4 is 38.6 Å². The number of quaternary nitrogens is 1. The summed E-state index contributed by atoms with van der Waals surface area (Å²) >= 11 is 0. The number of halogens is 1. The molecule has 0 aromatic heterocycles. The van der Waals surface area contributed by atoms with Gasteiger partial charge in [0.25, 0.3) is 0 Å². The third-order valence-corrected chi connectivity index (χ3v) is 8.78. The average molecular weight is 471 g/mol. The lowest BCUT2D eigenvalue weighted by Gasteiger charge is -2.30. The molecule has 6 heteroatoms.